The fraction of sp³-hybridized carbons (Fsp3) is 0. The van der Waals surface area contributed by atoms with Gasteiger partial charge in [-0.1, -0.05) is 36.4 Å². The minimum Gasteiger partial charge on any atom is -0.366 e. The summed E-state index contributed by atoms with van der Waals surface area (Å²) in [5.41, 5.74) is 8.24. The number of fused-ring (bicyclic) bond motifs is 1. The molecule has 4 rings (SSSR count). The van der Waals surface area contributed by atoms with Crippen LogP contribution in [-0.2, 0) is 4.79 Å². The number of ketones is 1. The van der Waals surface area contributed by atoms with Crippen LogP contribution in [0.15, 0.2) is 73.1 Å². The van der Waals surface area contributed by atoms with Crippen molar-refractivity contribution < 1.29 is 14.0 Å². The monoisotopic (exact) mass is 385 g/mol. The van der Waals surface area contributed by atoms with Crippen molar-refractivity contribution in [2.45, 2.75) is 0 Å². The summed E-state index contributed by atoms with van der Waals surface area (Å²) in [4.78, 5) is 30.9. The number of nitrogens with one attached hydrogen (secondary N) is 1. The second-order valence-corrected chi connectivity index (χ2v) is 6.49. The molecule has 2 aromatic carbocycles. The number of primary amides is 1. The molecule has 0 aliphatic heterocycles. The molecule has 2 aromatic heterocycles. The third kappa shape index (κ3) is 3.68. The molecule has 0 unspecified atom stereocenters. The summed E-state index contributed by atoms with van der Waals surface area (Å²) in [7, 11) is 0. The highest BCUT2D eigenvalue weighted by molar-refractivity contribution is 6.09. The van der Waals surface area contributed by atoms with Gasteiger partial charge in [0.05, 0.1) is 5.56 Å². The molecule has 0 aliphatic carbocycles. The number of hydrogen-bond acceptors (Lipinski definition) is 3. The van der Waals surface area contributed by atoms with Crippen LogP contribution in [0.3, 0.4) is 0 Å². The van der Waals surface area contributed by atoms with E-state index < -0.39 is 11.7 Å². The summed E-state index contributed by atoms with van der Waals surface area (Å²) >= 11 is 0. The molecule has 0 spiro atoms. The normalized spacial score (nSPS) is 11.2. The van der Waals surface area contributed by atoms with E-state index in [1.54, 1.807) is 54.9 Å². The Kier molecular flexibility index (Phi) is 4.75. The van der Waals surface area contributed by atoms with E-state index in [0.717, 1.165) is 10.9 Å². The Bertz CT molecular complexity index is 1260. The topological polar surface area (TPSA) is 88.8 Å². The molecule has 29 heavy (non-hydrogen) atoms. The van der Waals surface area contributed by atoms with Crippen molar-refractivity contribution in [2.75, 3.05) is 0 Å². The van der Waals surface area contributed by atoms with Gasteiger partial charge in [0, 0.05) is 40.5 Å². The first-order chi connectivity index (χ1) is 14.0. The van der Waals surface area contributed by atoms with E-state index in [-0.39, 0.29) is 11.3 Å². The van der Waals surface area contributed by atoms with Crippen LogP contribution in [-0.4, -0.2) is 21.7 Å². The maximum absolute atomic E-state index is 14.7. The van der Waals surface area contributed by atoms with Crippen LogP contribution in [0.5, 0.6) is 0 Å². The fourth-order valence-corrected chi connectivity index (χ4v) is 3.12. The minimum atomic E-state index is -0.598. The van der Waals surface area contributed by atoms with E-state index in [1.807, 2.05) is 6.07 Å². The summed E-state index contributed by atoms with van der Waals surface area (Å²) in [6.07, 6.45) is 6.19. The van der Waals surface area contributed by atoms with E-state index in [0.29, 0.717) is 22.3 Å². The van der Waals surface area contributed by atoms with Crippen molar-refractivity contribution in [1.82, 2.24) is 9.97 Å². The number of hydrogen-bond donors (Lipinski definition) is 2. The number of H-pyrrole nitrogens is 1. The van der Waals surface area contributed by atoms with Crippen molar-refractivity contribution in [1.29, 1.82) is 0 Å². The van der Waals surface area contributed by atoms with Gasteiger partial charge in [0.15, 0.2) is 5.78 Å². The minimum absolute atomic E-state index is 0.0145. The maximum atomic E-state index is 14.7. The van der Waals surface area contributed by atoms with Crippen molar-refractivity contribution in [3.05, 3.63) is 95.6 Å². The van der Waals surface area contributed by atoms with Gasteiger partial charge in [-0.05, 0) is 29.8 Å². The molecule has 0 bridgehead atoms. The predicted molar refractivity (Wildman–Crippen MR) is 110 cm³/mol. The molecular weight excluding hydrogens is 369 g/mol. The summed E-state index contributed by atoms with van der Waals surface area (Å²) < 4.78 is 14.7. The number of pyridine rings is 1. The van der Waals surface area contributed by atoms with Crippen molar-refractivity contribution in [3.8, 4) is 11.1 Å². The average molecular weight is 385 g/mol. The average Bonchev–Trinajstić information content (AvgIpc) is 3.14. The van der Waals surface area contributed by atoms with Gasteiger partial charge in [-0.2, -0.15) is 0 Å². The molecule has 0 saturated heterocycles. The lowest BCUT2D eigenvalue weighted by molar-refractivity contribution is -0.113. The molecule has 4 aromatic rings. The van der Waals surface area contributed by atoms with Crippen LogP contribution >= 0.6 is 0 Å². The van der Waals surface area contributed by atoms with Crippen molar-refractivity contribution in [2.24, 2.45) is 5.73 Å². The summed E-state index contributed by atoms with van der Waals surface area (Å²) in [6, 6.07) is 14.9. The Morgan fingerprint density at radius 2 is 1.83 bits per heavy atom. The Morgan fingerprint density at radius 1 is 1.03 bits per heavy atom. The molecular formula is C23H16FN3O2. The molecule has 1 amide bonds. The van der Waals surface area contributed by atoms with Gasteiger partial charge in [0.25, 0.3) is 0 Å². The highest BCUT2D eigenvalue weighted by Crippen LogP contribution is 2.27. The van der Waals surface area contributed by atoms with Gasteiger partial charge in [0.1, 0.15) is 11.5 Å². The quantitative estimate of drug-likeness (QED) is 0.400. The molecule has 142 valence electrons. The van der Waals surface area contributed by atoms with Gasteiger partial charge < -0.3 is 10.7 Å². The molecule has 0 radical (unpaired) electrons. The molecule has 0 aliphatic rings. The van der Waals surface area contributed by atoms with Crippen LogP contribution in [0.1, 0.15) is 21.5 Å². The van der Waals surface area contributed by atoms with Gasteiger partial charge in [0.2, 0.25) is 5.91 Å². The van der Waals surface area contributed by atoms with Crippen LogP contribution < -0.4 is 5.73 Å². The zero-order chi connectivity index (χ0) is 20.4. The molecule has 0 fully saturated rings. The number of carbonyl (C=O) groups excluding carboxylic acids is 2. The number of benzene rings is 2. The predicted octanol–water partition coefficient (Wildman–Crippen LogP) is 4.10. The lowest BCUT2D eigenvalue weighted by Gasteiger charge is -2.07. The Balaban J connectivity index is 1.71. The zero-order valence-corrected chi connectivity index (χ0v) is 15.2. The molecule has 3 N–H and O–H groups in total. The Morgan fingerprint density at radius 3 is 2.55 bits per heavy atom. The zero-order valence-electron chi connectivity index (χ0n) is 15.2. The standard InChI is InChI=1S/C23H16FN3O2/c24-20-11-15(6-8-18(20)22(29)14-4-2-1-3-5-14)17-10-19-16(7-9-21(25)28)12-26-23(19)27-13-17/h1-13H,(H2,25,28)(H,26,27)/b9-7+. The first kappa shape index (κ1) is 18.3. The number of aromatic amines is 1. The second-order valence-electron chi connectivity index (χ2n) is 6.49. The number of halogens is 1. The summed E-state index contributed by atoms with van der Waals surface area (Å²) in [5.74, 6) is -1.52. The van der Waals surface area contributed by atoms with Crippen LogP contribution in [0.25, 0.3) is 28.2 Å². The van der Waals surface area contributed by atoms with E-state index in [4.69, 9.17) is 5.73 Å². The van der Waals surface area contributed by atoms with Crippen molar-refractivity contribution >= 4 is 28.8 Å². The second kappa shape index (κ2) is 7.52. The smallest absolute Gasteiger partial charge is 0.241 e. The van der Waals surface area contributed by atoms with E-state index >= 15 is 0 Å². The van der Waals surface area contributed by atoms with Gasteiger partial charge in [-0.15, -0.1) is 0 Å². The number of nitrogens with zero attached hydrogens (tertiary/aromatic N) is 1. The number of rotatable bonds is 5. The third-order valence-electron chi connectivity index (χ3n) is 4.57. The highest BCUT2D eigenvalue weighted by atomic mass is 19.1. The number of carbonyl (C=O) groups is 2. The van der Waals surface area contributed by atoms with Crippen LogP contribution in [0.2, 0.25) is 0 Å². The first-order valence-corrected chi connectivity index (χ1v) is 8.87. The van der Waals surface area contributed by atoms with Gasteiger partial charge in [-0.25, -0.2) is 9.37 Å². The molecule has 0 saturated carbocycles. The maximum Gasteiger partial charge on any atom is 0.241 e. The fourth-order valence-electron chi connectivity index (χ4n) is 3.12. The van der Waals surface area contributed by atoms with E-state index in [1.165, 1.54) is 18.2 Å². The van der Waals surface area contributed by atoms with E-state index in [2.05, 4.69) is 9.97 Å². The molecule has 6 heteroatoms. The van der Waals surface area contributed by atoms with Gasteiger partial charge >= 0.3 is 0 Å². The Labute approximate surface area is 165 Å². The molecule has 0 atom stereocenters. The molecule has 5 nitrogen and oxygen atoms in total. The largest absolute Gasteiger partial charge is 0.366 e. The summed E-state index contributed by atoms with van der Waals surface area (Å²) in [6.45, 7) is 0. The van der Waals surface area contributed by atoms with Crippen LogP contribution in [0.4, 0.5) is 4.39 Å². The van der Waals surface area contributed by atoms with Gasteiger partial charge in [-0.3, -0.25) is 9.59 Å². The first-order valence-electron chi connectivity index (χ1n) is 8.87. The SMILES string of the molecule is NC(=O)/C=C/c1c[nH]c2ncc(-c3ccc(C(=O)c4ccccc4)c(F)c3)cc12. The summed E-state index contributed by atoms with van der Waals surface area (Å²) in [5, 5.41) is 0.768. The highest BCUT2D eigenvalue weighted by Gasteiger charge is 2.15. The third-order valence-corrected chi connectivity index (χ3v) is 4.57. The van der Waals surface area contributed by atoms with E-state index in [9.17, 15) is 14.0 Å². The Hall–Kier alpha value is -4.06. The molecule has 2 heterocycles. The van der Waals surface area contributed by atoms with Crippen molar-refractivity contribution in [3.63, 3.8) is 0 Å². The van der Waals surface area contributed by atoms with Crippen LogP contribution in [0, 0.1) is 5.82 Å². The lowest BCUT2D eigenvalue weighted by Crippen LogP contribution is -2.04. The number of nitrogens with two attached hydrogens (primary N) is 1. The number of aromatic nitrogens is 2. The lowest BCUT2D eigenvalue weighted by atomic mass is 9.99. The number of amides is 1.